The van der Waals surface area contributed by atoms with E-state index in [1.807, 2.05) is 25.1 Å². The van der Waals surface area contributed by atoms with Crippen LogP contribution < -0.4 is 15.6 Å². The van der Waals surface area contributed by atoms with E-state index in [2.05, 4.69) is 51.5 Å². The summed E-state index contributed by atoms with van der Waals surface area (Å²) in [5, 5.41) is 12.4. The Kier molecular flexibility index (Phi) is 6.04. The third kappa shape index (κ3) is 4.62. The second-order valence-electron chi connectivity index (χ2n) is 7.56. The summed E-state index contributed by atoms with van der Waals surface area (Å²) in [7, 11) is 0. The summed E-state index contributed by atoms with van der Waals surface area (Å²) >= 11 is 0. The molecule has 2 aromatic heterocycles. The molecule has 0 radical (unpaired) electrons. The summed E-state index contributed by atoms with van der Waals surface area (Å²) < 4.78 is 5.53. The topological polar surface area (TPSA) is 103 Å². The molecule has 0 saturated heterocycles. The van der Waals surface area contributed by atoms with Gasteiger partial charge in [-0.1, -0.05) is 29.8 Å². The lowest BCUT2D eigenvalue weighted by molar-refractivity contribution is 0.201. The molecule has 0 aliphatic carbocycles. The normalized spacial score (nSPS) is 11.1. The Morgan fingerprint density at radius 2 is 2.03 bits per heavy atom. The minimum absolute atomic E-state index is 0.0533. The Morgan fingerprint density at radius 3 is 2.84 bits per heavy atom. The number of nitrogens with one attached hydrogen (secondary N) is 3. The summed E-state index contributed by atoms with van der Waals surface area (Å²) in [6, 6.07) is 14.0. The molecule has 0 spiro atoms. The number of ether oxygens (including phenoxy) is 1. The average molecular weight is 418 g/mol. The number of H-pyrrole nitrogens is 2. The Hall–Kier alpha value is -3.58. The van der Waals surface area contributed by atoms with Crippen molar-refractivity contribution in [1.29, 1.82) is 0 Å². The van der Waals surface area contributed by atoms with Crippen LogP contribution in [0.1, 0.15) is 16.7 Å². The van der Waals surface area contributed by atoms with Gasteiger partial charge in [0.15, 0.2) is 0 Å². The van der Waals surface area contributed by atoms with Gasteiger partial charge in [-0.05, 0) is 43.5 Å². The van der Waals surface area contributed by atoms with Gasteiger partial charge in [0.2, 0.25) is 0 Å². The first-order chi connectivity index (χ1) is 15.0. The Bertz CT molecular complexity index is 1260. The number of nitrogens with zero attached hydrogens (tertiary/aromatic N) is 1. The van der Waals surface area contributed by atoms with Gasteiger partial charge in [0.05, 0.1) is 23.3 Å². The van der Waals surface area contributed by atoms with Crippen molar-refractivity contribution in [2.45, 2.75) is 20.3 Å². The molecule has 0 unspecified atom stereocenters. The molecule has 7 heteroatoms. The van der Waals surface area contributed by atoms with Gasteiger partial charge in [-0.3, -0.25) is 4.79 Å². The van der Waals surface area contributed by atoms with Crippen LogP contribution in [0.25, 0.3) is 22.4 Å². The van der Waals surface area contributed by atoms with Crippen molar-refractivity contribution >= 4 is 16.7 Å². The number of aromatic amines is 2. The Balaban J connectivity index is 1.62. The molecule has 31 heavy (non-hydrogen) atoms. The van der Waals surface area contributed by atoms with Gasteiger partial charge in [-0.15, -0.1) is 0 Å². The van der Waals surface area contributed by atoms with Crippen LogP contribution in [-0.4, -0.2) is 39.8 Å². The second-order valence-corrected chi connectivity index (χ2v) is 7.56. The lowest BCUT2D eigenvalue weighted by atomic mass is 10.1. The highest BCUT2D eigenvalue weighted by Crippen LogP contribution is 2.28. The number of aliphatic hydroxyl groups is 1. The number of hydrogen-bond acceptors (Lipinski definition) is 5. The average Bonchev–Trinajstić information content (AvgIpc) is 3.16. The van der Waals surface area contributed by atoms with Crippen LogP contribution in [0.15, 0.2) is 53.5 Å². The zero-order chi connectivity index (χ0) is 21.8. The minimum atomic E-state index is -0.214. The molecule has 0 fully saturated rings. The van der Waals surface area contributed by atoms with Gasteiger partial charge in [-0.25, -0.2) is 4.98 Å². The standard InChI is InChI=1S/C24H26N4O3/c1-15-4-3-5-17(12-15)6-8-25-19-7-9-26-24(30)21(19)23-27-20-14-18(31-11-10-29)13-16(2)22(20)28-23/h3-5,7,9,12-14,29H,6,8,10-11H2,1-2H3,(H,27,28)(H2,25,26,30). The molecule has 0 aliphatic rings. The Labute approximate surface area is 180 Å². The van der Waals surface area contributed by atoms with Crippen LogP contribution in [0.4, 0.5) is 5.69 Å². The molecule has 2 heterocycles. The van der Waals surface area contributed by atoms with Gasteiger partial charge in [-0.2, -0.15) is 0 Å². The van der Waals surface area contributed by atoms with Crippen LogP contribution in [0.5, 0.6) is 5.75 Å². The van der Waals surface area contributed by atoms with Crippen molar-refractivity contribution in [2.24, 2.45) is 0 Å². The molecule has 0 aliphatic heterocycles. The van der Waals surface area contributed by atoms with E-state index in [1.54, 1.807) is 6.20 Å². The second kappa shape index (κ2) is 9.06. The molecular formula is C24H26N4O3. The zero-order valence-corrected chi connectivity index (χ0v) is 17.7. The summed E-state index contributed by atoms with van der Waals surface area (Å²) in [5.74, 6) is 1.14. The quantitative estimate of drug-likeness (QED) is 0.350. The number of benzene rings is 2. The highest BCUT2D eigenvalue weighted by atomic mass is 16.5. The third-order valence-corrected chi connectivity index (χ3v) is 5.12. The summed E-state index contributed by atoms with van der Waals surface area (Å²) in [5.41, 5.74) is 5.94. The maximum Gasteiger partial charge on any atom is 0.261 e. The number of aliphatic hydroxyl groups excluding tert-OH is 1. The number of fused-ring (bicyclic) bond motifs is 1. The predicted molar refractivity (Wildman–Crippen MR) is 123 cm³/mol. The van der Waals surface area contributed by atoms with Gasteiger partial charge < -0.3 is 25.1 Å². The minimum Gasteiger partial charge on any atom is -0.491 e. The van der Waals surface area contributed by atoms with Gasteiger partial charge in [0.25, 0.3) is 5.56 Å². The van der Waals surface area contributed by atoms with E-state index in [-0.39, 0.29) is 18.8 Å². The van der Waals surface area contributed by atoms with E-state index in [4.69, 9.17) is 9.84 Å². The van der Waals surface area contributed by atoms with E-state index >= 15 is 0 Å². The highest BCUT2D eigenvalue weighted by molar-refractivity contribution is 5.85. The maximum atomic E-state index is 12.7. The van der Waals surface area contributed by atoms with Crippen LogP contribution in [0, 0.1) is 13.8 Å². The van der Waals surface area contributed by atoms with Crippen LogP contribution in [0.3, 0.4) is 0 Å². The fourth-order valence-electron chi connectivity index (χ4n) is 3.69. The molecule has 4 rings (SSSR count). The summed E-state index contributed by atoms with van der Waals surface area (Å²) in [6.45, 7) is 4.88. The summed E-state index contributed by atoms with van der Waals surface area (Å²) in [6.07, 6.45) is 2.48. The molecule has 160 valence electrons. The zero-order valence-electron chi connectivity index (χ0n) is 17.7. The van der Waals surface area contributed by atoms with Gasteiger partial charge >= 0.3 is 0 Å². The SMILES string of the molecule is Cc1cccc(CCNc2cc[nH]c(=O)c2-c2nc3c(C)cc(OCCO)cc3[nH]2)c1. The number of aryl methyl sites for hydroxylation is 2. The molecule has 4 aromatic rings. The summed E-state index contributed by atoms with van der Waals surface area (Å²) in [4.78, 5) is 23.4. The van der Waals surface area contributed by atoms with Crippen molar-refractivity contribution < 1.29 is 9.84 Å². The van der Waals surface area contributed by atoms with Crippen LogP contribution in [-0.2, 0) is 6.42 Å². The lowest BCUT2D eigenvalue weighted by Crippen LogP contribution is -2.14. The molecule has 0 atom stereocenters. The molecule has 0 saturated carbocycles. The lowest BCUT2D eigenvalue weighted by Gasteiger charge is -2.10. The highest BCUT2D eigenvalue weighted by Gasteiger charge is 2.16. The number of anilines is 1. The van der Waals surface area contributed by atoms with E-state index in [9.17, 15) is 4.79 Å². The largest absolute Gasteiger partial charge is 0.491 e. The van der Waals surface area contributed by atoms with E-state index < -0.39 is 0 Å². The van der Waals surface area contributed by atoms with Crippen molar-refractivity contribution in [1.82, 2.24) is 15.0 Å². The third-order valence-electron chi connectivity index (χ3n) is 5.12. The first-order valence-corrected chi connectivity index (χ1v) is 10.3. The predicted octanol–water partition coefficient (Wildman–Crippen LogP) is 3.56. The van der Waals surface area contributed by atoms with Crippen molar-refractivity contribution in [3.63, 3.8) is 0 Å². The van der Waals surface area contributed by atoms with Crippen LogP contribution >= 0.6 is 0 Å². The molecule has 0 bridgehead atoms. The molecule has 2 aromatic carbocycles. The fourth-order valence-corrected chi connectivity index (χ4v) is 3.69. The van der Waals surface area contributed by atoms with Crippen LogP contribution in [0.2, 0.25) is 0 Å². The van der Waals surface area contributed by atoms with Crippen molar-refractivity contribution in [2.75, 3.05) is 25.1 Å². The monoisotopic (exact) mass is 418 g/mol. The fraction of sp³-hybridized carbons (Fsp3) is 0.250. The van der Waals surface area contributed by atoms with E-state index in [0.717, 1.165) is 28.7 Å². The number of imidazole rings is 1. The first kappa shape index (κ1) is 20.7. The number of pyridine rings is 1. The molecular weight excluding hydrogens is 392 g/mol. The molecule has 0 amide bonds. The van der Waals surface area contributed by atoms with Crippen molar-refractivity contribution in [3.05, 3.63) is 75.7 Å². The van der Waals surface area contributed by atoms with Gasteiger partial charge in [0.1, 0.15) is 23.7 Å². The smallest absolute Gasteiger partial charge is 0.261 e. The Morgan fingerprint density at radius 1 is 1.16 bits per heavy atom. The van der Waals surface area contributed by atoms with Crippen molar-refractivity contribution in [3.8, 4) is 17.1 Å². The molecule has 4 N–H and O–H groups in total. The first-order valence-electron chi connectivity index (χ1n) is 10.3. The molecule has 7 nitrogen and oxygen atoms in total. The van der Waals surface area contributed by atoms with Gasteiger partial charge in [0, 0.05) is 18.8 Å². The number of hydrogen-bond donors (Lipinski definition) is 4. The van der Waals surface area contributed by atoms with E-state index in [1.165, 1.54) is 11.1 Å². The van der Waals surface area contributed by atoms with E-state index in [0.29, 0.717) is 23.7 Å². The maximum absolute atomic E-state index is 12.7. The number of rotatable bonds is 8. The number of aromatic nitrogens is 3.